The van der Waals surface area contributed by atoms with Gasteiger partial charge in [-0.2, -0.15) is 0 Å². The Morgan fingerprint density at radius 3 is 0.779 bits per heavy atom. The first-order chi connectivity index (χ1) is 40.3. The van der Waals surface area contributed by atoms with Gasteiger partial charge in [0.1, 0.15) is 34.5 Å². The van der Waals surface area contributed by atoms with Crippen LogP contribution >= 0.6 is 0 Å². The Hall–Kier alpha value is -5.88. The van der Waals surface area contributed by atoms with Gasteiger partial charge in [-0.25, -0.2) is 0 Å². The predicted molar refractivity (Wildman–Crippen MR) is 360 cm³/mol. The number of rotatable bonds is 13. The largest absolute Gasteiger partial charge is 0.508 e. The van der Waals surface area contributed by atoms with Crippen LogP contribution in [0.1, 0.15) is 327 Å². The van der Waals surface area contributed by atoms with E-state index < -0.39 is 0 Å². The zero-order valence-corrected chi connectivity index (χ0v) is 56.2. The van der Waals surface area contributed by atoms with E-state index in [-0.39, 0.29) is 39.9 Å². The minimum absolute atomic E-state index is 0.0460. The fourth-order valence-electron chi connectivity index (χ4n) is 15.7. The molecule has 6 N–H and O–H groups in total. The van der Waals surface area contributed by atoms with Crippen molar-refractivity contribution in [2.75, 3.05) is 0 Å². The molecule has 3 aliphatic carbocycles. The van der Waals surface area contributed by atoms with Gasteiger partial charge in [0.05, 0.1) is 0 Å². The van der Waals surface area contributed by atoms with Crippen molar-refractivity contribution >= 4 is 0 Å². The SMILES string of the molecule is Cc1cc(O)c(C(C)(C)C)cc1C(C)CC(c1cc(C(C)(C)C)c(O)cc1C)c1cc(C(C)(C)C)c(O)cc1C.Cc1cc(O)c(C2CCCCC2)cc1C(C)CC(c1cc(C2CCCCC2)c(O)cc1C)c1cc(C2CCCCC2)c(O)cc1C. The molecule has 86 heavy (non-hydrogen) atoms. The Balaban J connectivity index is 0.000000226. The summed E-state index contributed by atoms with van der Waals surface area (Å²) in [5.41, 5.74) is 19.9. The van der Waals surface area contributed by atoms with E-state index in [0.717, 1.165) is 99.7 Å². The van der Waals surface area contributed by atoms with Crippen LogP contribution < -0.4 is 0 Å². The molecule has 6 aromatic rings. The lowest BCUT2D eigenvalue weighted by Gasteiger charge is -2.31. The summed E-state index contributed by atoms with van der Waals surface area (Å²) in [5.74, 6) is 4.33. The zero-order valence-electron chi connectivity index (χ0n) is 56.2. The Morgan fingerprint density at radius 1 is 0.302 bits per heavy atom. The van der Waals surface area contributed by atoms with E-state index in [1.165, 1.54) is 110 Å². The van der Waals surface area contributed by atoms with Crippen LogP contribution in [0.25, 0.3) is 0 Å². The van der Waals surface area contributed by atoms with Gasteiger partial charge in [-0.05, 0) is 275 Å². The van der Waals surface area contributed by atoms with Crippen LogP contribution in [-0.4, -0.2) is 30.6 Å². The molecule has 0 spiro atoms. The molecule has 0 aromatic heterocycles. The van der Waals surface area contributed by atoms with Crippen LogP contribution in [0.5, 0.6) is 34.5 Å². The van der Waals surface area contributed by atoms with E-state index in [1.807, 2.05) is 36.4 Å². The second-order valence-electron chi connectivity index (χ2n) is 30.6. The maximum absolute atomic E-state index is 11.2. The van der Waals surface area contributed by atoms with E-state index in [2.05, 4.69) is 154 Å². The van der Waals surface area contributed by atoms with Crippen LogP contribution in [0.3, 0.4) is 0 Å². The van der Waals surface area contributed by atoms with Gasteiger partial charge < -0.3 is 30.6 Å². The fraction of sp³-hybridized carbons (Fsp3) is 0.550. The molecule has 6 nitrogen and oxygen atoms in total. The van der Waals surface area contributed by atoms with Crippen LogP contribution in [0.4, 0.5) is 0 Å². The topological polar surface area (TPSA) is 121 Å². The number of hydrogen-bond donors (Lipinski definition) is 6. The van der Waals surface area contributed by atoms with Crippen LogP contribution in [-0.2, 0) is 16.2 Å². The van der Waals surface area contributed by atoms with Gasteiger partial charge in [-0.1, -0.05) is 170 Å². The average Bonchev–Trinajstić information content (AvgIpc) is 1.10. The lowest BCUT2D eigenvalue weighted by Crippen LogP contribution is -2.17. The summed E-state index contributed by atoms with van der Waals surface area (Å²) in [6.45, 7) is 36.6. The molecular weight excluding hydrogens is 1060 g/mol. The van der Waals surface area contributed by atoms with E-state index in [4.69, 9.17) is 0 Å². The minimum Gasteiger partial charge on any atom is -0.508 e. The lowest BCUT2D eigenvalue weighted by molar-refractivity contribution is 0.412. The normalized spacial score (nSPS) is 16.8. The summed E-state index contributed by atoms with van der Waals surface area (Å²) in [6.07, 6.45) is 20.0. The summed E-state index contributed by atoms with van der Waals surface area (Å²) >= 11 is 0. The highest BCUT2D eigenvalue weighted by Gasteiger charge is 2.33. The van der Waals surface area contributed by atoms with Gasteiger partial charge in [0, 0.05) is 11.8 Å². The summed E-state index contributed by atoms with van der Waals surface area (Å²) in [4.78, 5) is 0. The Kier molecular flexibility index (Phi) is 20.6. The molecule has 0 amide bonds. The van der Waals surface area contributed by atoms with Crippen molar-refractivity contribution in [3.05, 3.63) is 173 Å². The molecule has 2 atom stereocenters. The Bertz CT molecular complexity index is 3190. The van der Waals surface area contributed by atoms with E-state index in [0.29, 0.717) is 52.3 Å². The van der Waals surface area contributed by atoms with Crippen molar-refractivity contribution in [2.24, 2.45) is 0 Å². The number of phenolic OH excluding ortho intramolecular Hbond substituents is 6. The number of aromatic hydroxyl groups is 6. The third-order valence-corrected chi connectivity index (χ3v) is 20.7. The summed E-state index contributed by atoms with van der Waals surface area (Å²) in [7, 11) is 0. The van der Waals surface area contributed by atoms with Crippen molar-refractivity contribution in [3.63, 3.8) is 0 Å². The van der Waals surface area contributed by atoms with E-state index in [1.54, 1.807) is 0 Å². The second-order valence-corrected chi connectivity index (χ2v) is 30.6. The molecule has 6 heteroatoms. The van der Waals surface area contributed by atoms with Crippen LogP contribution in [0.2, 0.25) is 0 Å². The van der Waals surface area contributed by atoms with Gasteiger partial charge in [-0.15, -0.1) is 0 Å². The zero-order chi connectivity index (χ0) is 62.9. The Morgan fingerprint density at radius 2 is 0.512 bits per heavy atom. The first-order valence-corrected chi connectivity index (χ1v) is 33.4. The molecule has 3 saturated carbocycles. The molecule has 3 aliphatic rings. The van der Waals surface area contributed by atoms with Crippen LogP contribution in [0.15, 0.2) is 72.8 Å². The van der Waals surface area contributed by atoms with Crippen molar-refractivity contribution in [1.29, 1.82) is 0 Å². The van der Waals surface area contributed by atoms with Crippen molar-refractivity contribution in [1.82, 2.24) is 0 Å². The molecule has 6 aromatic carbocycles. The quantitative estimate of drug-likeness (QED) is 0.0685. The number of benzene rings is 6. The molecule has 0 bridgehead atoms. The maximum atomic E-state index is 11.2. The molecule has 0 saturated heterocycles. The molecule has 466 valence electrons. The first kappa shape index (κ1) is 66.1. The lowest BCUT2D eigenvalue weighted by atomic mass is 9.74. The van der Waals surface area contributed by atoms with Gasteiger partial charge in [0.15, 0.2) is 0 Å². The predicted octanol–water partition coefficient (Wildman–Crippen LogP) is 22.1. The highest BCUT2D eigenvalue weighted by Crippen LogP contribution is 2.50. The highest BCUT2D eigenvalue weighted by atomic mass is 16.3. The fourth-order valence-corrected chi connectivity index (χ4v) is 15.7. The van der Waals surface area contributed by atoms with Gasteiger partial charge in [-0.3, -0.25) is 0 Å². The van der Waals surface area contributed by atoms with Crippen LogP contribution in [0, 0.1) is 41.5 Å². The molecule has 2 unspecified atom stereocenters. The Labute approximate surface area is 520 Å². The summed E-state index contributed by atoms with van der Waals surface area (Å²) in [6, 6.07) is 25.5. The smallest absolute Gasteiger partial charge is 0.119 e. The molecule has 0 heterocycles. The van der Waals surface area contributed by atoms with Crippen molar-refractivity contribution in [3.8, 4) is 34.5 Å². The first-order valence-electron chi connectivity index (χ1n) is 33.4. The molecule has 0 radical (unpaired) electrons. The highest BCUT2D eigenvalue weighted by molar-refractivity contribution is 5.56. The molecular formula is C80H110O6. The number of aryl methyl sites for hydroxylation is 6. The average molecular weight is 1170 g/mol. The third-order valence-electron chi connectivity index (χ3n) is 20.7. The summed E-state index contributed by atoms with van der Waals surface area (Å²) < 4.78 is 0. The van der Waals surface area contributed by atoms with Gasteiger partial charge in [0.25, 0.3) is 0 Å². The van der Waals surface area contributed by atoms with Gasteiger partial charge >= 0.3 is 0 Å². The number of hydrogen-bond acceptors (Lipinski definition) is 6. The van der Waals surface area contributed by atoms with Crippen molar-refractivity contribution < 1.29 is 30.6 Å². The standard InChI is InChI=1S/C43H58O3.C37H52O3/c1-27(34-24-37(41(44)21-28(34)2)31-14-8-5-9-15-31)20-40(35-25-38(42(45)22-29(35)3)32-16-10-6-11-17-32)36-26-39(43(46)23-30(36)4)33-18-12-7-13-19-33;1-21(25-18-29(35(5,6)7)32(38)15-22(25)2)14-28(26-19-30(36(8,9)10)33(39)16-23(26)3)27-20-31(37(11,12)13)34(40)17-24(27)4/h21-27,31-33,40,44-46H,5-20H2,1-4H3;15-21,28,38-40H,14H2,1-13H3. The molecule has 0 aliphatic heterocycles. The van der Waals surface area contributed by atoms with E-state index in [9.17, 15) is 30.6 Å². The second kappa shape index (κ2) is 26.8. The summed E-state index contributed by atoms with van der Waals surface area (Å²) in [5, 5.41) is 66.2. The van der Waals surface area contributed by atoms with Crippen molar-refractivity contribution in [2.45, 2.75) is 285 Å². The molecule has 3 fully saturated rings. The third kappa shape index (κ3) is 15.0. The van der Waals surface area contributed by atoms with E-state index >= 15 is 0 Å². The maximum Gasteiger partial charge on any atom is 0.119 e. The minimum atomic E-state index is -0.210. The monoisotopic (exact) mass is 1170 g/mol. The van der Waals surface area contributed by atoms with Gasteiger partial charge in [0.2, 0.25) is 0 Å². The number of phenols is 6. The molecule has 9 rings (SSSR count).